The van der Waals surface area contributed by atoms with E-state index in [0.717, 1.165) is 4.47 Å². The van der Waals surface area contributed by atoms with E-state index >= 15 is 0 Å². The first-order valence-electron chi connectivity index (χ1n) is 4.79. The summed E-state index contributed by atoms with van der Waals surface area (Å²) < 4.78 is 8.02. The largest absolute Gasteiger partial charge is 0.436 e. The van der Waals surface area contributed by atoms with Crippen molar-refractivity contribution in [3.8, 4) is 11.6 Å². The van der Waals surface area contributed by atoms with Crippen molar-refractivity contribution in [1.29, 1.82) is 0 Å². The van der Waals surface area contributed by atoms with Crippen molar-refractivity contribution in [2.45, 2.75) is 0 Å². The molecule has 0 saturated heterocycles. The Morgan fingerprint density at radius 2 is 2.06 bits per heavy atom. The maximum Gasteiger partial charge on any atom is 0.242 e. The van der Waals surface area contributed by atoms with Crippen molar-refractivity contribution in [2.75, 3.05) is 0 Å². The number of fused-ring (bicyclic) bond motifs is 1. The molecule has 17 heavy (non-hydrogen) atoms. The maximum absolute atomic E-state index is 5.69. The summed E-state index contributed by atoms with van der Waals surface area (Å²) in [6.45, 7) is 0. The standard InChI is InChI=1S/C10H6BrN5O/c11-7-3-1-2-4-8(7)17-10-6-12-5-9-13-14-15-16(9)10/h1-6H. The number of nitrogens with zero attached hydrogens (tertiary/aromatic N) is 5. The number of halogens is 1. The first-order valence-corrected chi connectivity index (χ1v) is 5.58. The van der Waals surface area contributed by atoms with E-state index in [-0.39, 0.29) is 0 Å². The molecule has 0 spiro atoms. The molecule has 0 aliphatic heterocycles. The van der Waals surface area contributed by atoms with Crippen LogP contribution >= 0.6 is 15.9 Å². The van der Waals surface area contributed by atoms with Gasteiger partial charge in [-0.2, -0.15) is 4.52 Å². The molecule has 0 bridgehead atoms. The van der Waals surface area contributed by atoms with Crippen LogP contribution in [-0.4, -0.2) is 25.0 Å². The zero-order valence-electron chi connectivity index (χ0n) is 8.49. The summed E-state index contributed by atoms with van der Waals surface area (Å²) >= 11 is 3.40. The number of ether oxygens (including phenoxy) is 1. The Hall–Kier alpha value is -2.02. The van der Waals surface area contributed by atoms with Gasteiger partial charge in [0.1, 0.15) is 5.75 Å². The molecule has 0 aliphatic carbocycles. The van der Waals surface area contributed by atoms with E-state index in [2.05, 4.69) is 36.4 Å². The highest BCUT2D eigenvalue weighted by Gasteiger charge is 2.07. The summed E-state index contributed by atoms with van der Waals surface area (Å²) in [5.74, 6) is 1.14. The number of para-hydroxylation sites is 1. The van der Waals surface area contributed by atoms with Crippen LogP contribution in [-0.2, 0) is 0 Å². The quantitative estimate of drug-likeness (QED) is 0.723. The van der Waals surface area contributed by atoms with Gasteiger partial charge < -0.3 is 4.74 Å². The van der Waals surface area contributed by atoms with Gasteiger partial charge in [-0.15, -0.1) is 5.10 Å². The summed E-state index contributed by atoms with van der Waals surface area (Å²) in [6, 6.07) is 7.52. The van der Waals surface area contributed by atoms with Gasteiger partial charge in [-0.25, -0.2) is 0 Å². The van der Waals surface area contributed by atoms with Crippen LogP contribution in [0.1, 0.15) is 0 Å². The molecule has 7 heteroatoms. The molecule has 2 aromatic heterocycles. The first kappa shape index (κ1) is 10.2. The van der Waals surface area contributed by atoms with Crippen molar-refractivity contribution in [1.82, 2.24) is 25.0 Å². The summed E-state index contributed by atoms with van der Waals surface area (Å²) in [7, 11) is 0. The van der Waals surface area contributed by atoms with E-state index < -0.39 is 0 Å². The number of benzene rings is 1. The normalized spacial score (nSPS) is 10.6. The van der Waals surface area contributed by atoms with Gasteiger partial charge in [0.05, 0.1) is 16.9 Å². The van der Waals surface area contributed by atoms with Crippen LogP contribution in [0.15, 0.2) is 41.1 Å². The van der Waals surface area contributed by atoms with E-state index in [1.165, 1.54) is 4.52 Å². The predicted molar refractivity (Wildman–Crippen MR) is 62.8 cm³/mol. The Morgan fingerprint density at radius 1 is 1.18 bits per heavy atom. The molecule has 0 atom stereocenters. The minimum absolute atomic E-state index is 0.458. The molecule has 0 N–H and O–H groups in total. The smallest absolute Gasteiger partial charge is 0.242 e. The molecule has 3 aromatic rings. The molecule has 2 heterocycles. The van der Waals surface area contributed by atoms with Crippen LogP contribution < -0.4 is 4.74 Å². The number of aromatic nitrogens is 5. The first-order chi connectivity index (χ1) is 8.34. The molecule has 0 amide bonds. The SMILES string of the molecule is Brc1ccccc1Oc1cncc2nnnn12. The fourth-order valence-electron chi connectivity index (χ4n) is 1.36. The summed E-state index contributed by atoms with van der Waals surface area (Å²) in [6.07, 6.45) is 3.12. The lowest BCUT2D eigenvalue weighted by molar-refractivity contribution is 0.439. The van der Waals surface area contributed by atoms with Crippen LogP contribution in [0.4, 0.5) is 0 Å². The van der Waals surface area contributed by atoms with Crippen molar-refractivity contribution in [3.05, 3.63) is 41.1 Å². The summed E-state index contributed by atoms with van der Waals surface area (Å²) in [4.78, 5) is 4.01. The highest BCUT2D eigenvalue weighted by atomic mass is 79.9. The van der Waals surface area contributed by atoms with E-state index in [1.807, 2.05) is 24.3 Å². The molecule has 0 fully saturated rings. The van der Waals surface area contributed by atoms with Gasteiger partial charge in [0, 0.05) is 0 Å². The number of hydrogen-bond donors (Lipinski definition) is 0. The molecular formula is C10H6BrN5O. The molecule has 0 saturated carbocycles. The zero-order valence-corrected chi connectivity index (χ0v) is 10.1. The van der Waals surface area contributed by atoms with Gasteiger partial charge >= 0.3 is 0 Å². The monoisotopic (exact) mass is 291 g/mol. The number of hydrogen-bond acceptors (Lipinski definition) is 5. The van der Waals surface area contributed by atoms with Gasteiger partial charge in [0.2, 0.25) is 11.5 Å². The Bertz CT molecular complexity index is 668. The number of rotatable bonds is 2. The summed E-state index contributed by atoms with van der Waals surface area (Å²) in [5.41, 5.74) is 0.537. The minimum atomic E-state index is 0.458. The van der Waals surface area contributed by atoms with Crippen LogP contribution in [0.2, 0.25) is 0 Å². The lowest BCUT2D eigenvalue weighted by atomic mass is 10.3. The van der Waals surface area contributed by atoms with Gasteiger partial charge in [0.15, 0.2) is 0 Å². The Labute approximate surface area is 104 Å². The van der Waals surface area contributed by atoms with Crippen LogP contribution in [0.5, 0.6) is 11.6 Å². The second kappa shape index (κ2) is 4.10. The topological polar surface area (TPSA) is 65.2 Å². The van der Waals surface area contributed by atoms with Crippen molar-refractivity contribution < 1.29 is 4.74 Å². The fraction of sp³-hybridized carbons (Fsp3) is 0. The number of tetrazole rings is 1. The second-order valence-electron chi connectivity index (χ2n) is 3.23. The molecule has 3 rings (SSSR count). The van der Waals surface area contributed by atoms with Crippen LogP contribution in [0.25, 0.3) is 5.65 Å². The Kier molecular flexibility index (Phi) is 2.45. The third-order valence-electron chi connectivity index (χ3n) is 2.13. The molecule has 0 radical (unpaired) electrons. The zero-order chi connectivity index (χ0) is 11.7. The highest BCUT2D eigenvalue weighted by Crippen LogP contribution is 2.28. The van der Waals surface area contributed by atoms with Gasteiger partial charge in [-0.05, 0) is 38.5 Å². The van der Waals surface area contributed by atoms with Gasteiger partial charge in [-0.3, -0.25) is 4.98 Å². The minimum Gasteiger partial charge on any atom is -0.436 e. The molecular weight excluding hydrogens is 286 g/mol. The maximum atomic E-state index is 5.69. The highest BCUT2D eigenvalue weighted by molar-refractivity contribution is 9.10. The fourth-order valence-corrected chi connectivity index (χ4v) is 1.73. The van der Waals surface area contributed by atoms with Gasteiger partial charge in [0.25, 0.3) is 0 Å². The Morgan fingerprint density at radius 3 is 2.94 bits per heavy atom. The lowest BCUT2D eigenvalue weighted by Crippen LogP contribution is -1.97. The van der Waals surface area contributed by atoms with Crippen molar-refractivity contribution in [3.63, 3.8) is 0 Å². The van der Waals surface area contributed by atoms with E-state index in [1.54, 1.807) is 12.4 Å². The van der Waals surface area contributed by atoms with E-state index in [9.17, 15) is 0 Å². The third kappa shape index (κ3) is 1.84. The summed E-state index contributed by atoms with van der Waals surface area (Å²) in [5, 5.41) is 11.2. The molecule has 84 valence electrons. The second-order valence-corrected chi connectivity index (χ2v) is 4.08. The van der Waals surface area contributed by atoms with Crippen molar-refractivity contribution in [2.24, 2.45) is 0 Å². The molecule has 1 aromatic carbocycles. The average Bonchev–Trinajstić information content (AvgIpc) is 2.81. The van der Waals surface area contributed by atoms with E-state index in [4.69, 9.17) is 4.74 Å². The molecule has 0 unspecified atom stereocenters. The predicted octanol–water partition coefficient (Wildman–Crippen LogP) is 2.07. The van der Waals surface area contributed by atoms with Crippen LogP contribution in [0.3, 0.4) is 0 Å². The molecule has 6 nitrogen and oxygen atoms in total. The van der Waals surface area contributed by atoms with E-state index in [0.29, 0.717) is 17.3 Å². The average molecular weight is 292 g/mol. The molecule has 0 aliphatic rings. The third-order valence-corrected chi connectivity index (χ3v) is 2.78. The van der Waals surface area contributed by atoms with Crippen LogP contribution in [0, 0.1) is 0 Å². The van der Waals surface area contributed by atoms with Gasteiger partial charge in [-0.1, -0.05) is 12.1 Å². The Balaban J connectivity index is 2.06. The van der Waals surface area contributed by atoms with Crippen molar-refractivity contribution >= 4 is 21.6 Å². The lowest BCUT2D eigenvalue weighted by Gasteiger charge is -2.06.